The van der Waals surface area contributed by atoms with E-state index in [0.29, 0.717) is 39.1 Å². The van der Waals surface area contributed by atoms with Gasteiger partial charge in [-0.3, -0.25) is 4.79 Å². The zero-order valence-corrected chi connectivity index (χ0v) is 15.9. The number of piperazine rings is 1. The van der Waals surface area contributed by atoms with Crippen molar-refractivity contribution >= 4 is 18.0 Å². The maximum atomic E-state index is 12.4. The maximum Gasteiger partial charge on any atom is 0.410 e. The van der Waals surface area contributed by atoms with Gasteiger partial charge in [0.05, 0.1) is 6.04 Å². The number of carbonyl (C=O) groups is 3. The average Bonchev–Trinajstić information content (AvgIpc) is 2.86. The highest BCUT2D eigenvalue weighted by Gasteiger charge is 2.34. The van der Waals surface area contributed by atoms with Crippen molar-refractivity contribution in [3.8, 4) is 0 Å². The van der Waals surface area contributed by atoms with Crippen molar-refractivity contribution in [3.05, 3.63) is 0 Å². The van der Waals surface area contributed by atoms with Crippen LogP contribution in [0.5, 0.6) is 0 Å². The minimum atomic E-state index is -0.525. The van der Waals surface area contributed by atoms with Crippen LogP contribution in [-0.2, 0) is 9.53 Å². The van der Waals surface area contributed by atoms with Gasteiger partial charge in [-0.15, -0.1) is 0 Å². The average molecular weight is 354 g/mol. The zero-order valence-electron chi connectivity index (χ0n) is 15.9. The minimum Gasteiger partial charge on any atom is -0.444 e. The van der Waals surface area contributed by atoms with E-state index in [0.717, 1.165) is 0 Å². The number of amides is 4. The first-order valence-electron chi connectivity index (χ1n) is 8.89. The quantitative estimate of drug-likeness (QED) is 0.809. The number of rotatable bonds is 2. The van der Waals surface area contributed by atoms with Crippen molar-refractivity contribution < 1.29 is 19.1 Å². The van der Waals surface area contributed by atoms with E-state index in [-0.39, 0.29) is 30.1 Å². The van der Waals surface area contributed by atoms with Gasteiger partial charge in [-0.1, -0.05) is 0 Å². The van der Waals surface area contributed by atoms with Gasteiger partial charge in [0.1, 0.15) is 5.60 Å². The summed E-state index contributed by atoms with van der Waals surface area (Å²) < 4.78 is 5.35. The molecule has 0 radical (unpaired) electrons. The molecule has 8 heteroatoms. The molecule has 25 heavy (non-hydrogen) atoms. The molecule has 0 bridgehead atoms. The van der Waals surface area contributed by atoms with Gasteiger partial charge in [-0.2, -0.15) is 0 Å². The highest BCUT2D eigenvalue weighted by Crippen LogP contribution is 2.15. The molecule has 0 aromatic heterocycles. The third-order valence-electron chi connectivity index (χ3n) is 4.33. The Hall–Kier alpha value is -1.99. The number of hydrogen-bond donors (Lipinski definition) is 1. The fourth-order valence-corrected chi connectivity index (χ4v) is 3.01. The Bertz CT molecular complexity index is 521. The Morgan fingerprint density at radius 3 is 2.16 bits per heavy atom. The first-order chi connectivity index (χ1) is 11.6. The smallest absolute Gasteiger partial charge is 0.410 e. The fourth-order valence-electron chi connectivity index (χ4n) is 3.01. The molecule has 2 fully saturated rings. The van der Waals surface area contributed by atoms with Gasteiger partial charge in [0.25, 0.3) is 0 Å². The molecule has 0 saturated carbocycles. The molecule has 0 spiro atoms. The Kier molecular flexibility index (Phi) is 5.80. The molecular formula is C17H30N4O4. The van der Waals surface area contributed by atoms with Gasteiger partial charge >= 0.3 is 12.1 Å². The van der Waals surface area contributed by atoms with Crippen molar-refractivity contribution in [1.82, 2.24) is 20.0 Å². The largest absolute Gasteiger partial charge is 0.444 e. The van der Waals surface area contributed by atoms with Crippen LogP contribution in [0.25, 0.3) is 0 Å². The summed E-state index contributed by atoms with van der Waals surface area (Å²) in [5, 5.41) is 2.94. The van der Waals surface area contributed by atoms with Crippen LogP contribution in [0.3, 0.4) is 0 Å². The lowest BCUT2D eigenvalue weighted by Gasteiger charge is -2.36. The highest BCUT2D eigenvalue weighted by molar-refractivity contribution is 5.82. The van der Waals surface area contributed by atoms with Crippen molar-refractivity contribution in [2.45, 2.75) is 58.7 Å². The number of carbonyl (C=O) groups excluding carboxylic acids is 3. The van der Waals surface area contributed by atoms with Gasteiger partial charge in [0, 0.05) is 45.2 Å². The molecule has 2 heterocycles. The summed E-state index contributed by atoms with van der Waals surface area (Å²) in [7, 11) is 0. The topological polar surface area (TPSA) is 82.2 Å². The molecule has 8 nitrogen and oxygen atoms in total. The van der Waals surface area contributed by atoms with Gasteiger partial charge in [0.2, 0.25) is 5.91 Å². The summed E-state index contributed by atoms with van der Waals surface area (Å²) in [6, 6.07) is -0.176. The zero-order chi connectivity index (χ0) is 18.8. The van der Waals surface area contributed by atoms with Gasteiger partial charge in [-0.05, 0) is 34.6 Å². The second-order valence-corrected chi connectivity index (χ2v) is 7.94. The molecule has 1 N–H and O–H groups in total. The molecule has 2 saturated heterocycles. The Morgan fingerprint density at radius 2 is 1.68 bits per heavy atom. The van der Waals surface area contributed by atoms with Gasteiger partial charge in [0.15, 0.2) is 0 Å². The molecular weight excluding hydrogens is 324 g/mol. The lowest BCUT2D eigenvalue weighted by Crippen LogP contribution is -2.55. The van der Waals surface area contributed by atoms with Crippen molar-refractivity contribution in [3.63, 3.8) is 0 Å². The standard InChI is InChI=1S/C17H30N4O4/c1-12(2)21-11-13(10-14(21)22)18-15(23)19-6-8-20(9-7-19)16(24)25-17(3,4)5/h12-13H,6-11H2,1-5H3,(H,18,23). The van der Waals surface area contributed by atoms with E-state index in [1.807, 2.05) is 34.6 Å². The molecule has 142 valence electrons. The Morgan fingerprint density at radius 1 is 1.12 bits per heavy atom. The lowest BCUT2D eigenvalue weighted by molar-refractivity contribution is -0.129. The third kappa shape index (κ3) is 5.24. The van der Waals surface area contributed by atoms with E-state index in [2.05, 4.69) is 5.32 Å². The van der Waals surface area contributed by atoms with E-state index in [1.165, 1.54) is 0 Å². The van der Waals surface area contributed by atoms with Crippen molar-refractivity contribution in [1.29, 1.82) is 0 Å². The first kappa shape index (κ1) is 19.3. The van der Waals surface area contributed by atoms with E-state index >= 15 is 0 Å². The van der Waals surface area contributed by atoms with Gasteiger partial charge in [-0.25, -0.2) is 9.59 Å². The summed E-state index contributed by atoms with van der Waals surface area (Å²) in [5.74, 6) is 0.0787. The number of ether oxygens (including phenoxy) is 1. The number of urea groups is 1. The number of nitrogens with one attached hydrogen (secondary N) is 1. The van der Waals surface area contributed by atoms with E-state index < -0.39 is 5.60 Å². The summed E-state index contributed by atoms with van der Waals surface area (Å²) in [4.78, 5) is 41.4. The molecule has 2 aliphatic heterocycles. The predicted molar refractivity (Wildman–Crippen MR) is 93.2 cm³/mol. The molecule has 2 rings (SSSR count). The van der Waals surface area contributed by atoms with Crippen molar-refractivity contribution in [2.75, 3.05) is 32.7 Å². The van der Waals surface area contributed by atoms with Crippen LogP contribution in [-0.4, -0.2) is 83.1 Å². The molecule has 0 aromatic carbocycles. The Labute approximate surface area is 149 Å². The highest BCUT2D eigenvalue weighted by atomic mass is 16.6. The molecule has 0 aromatic rings. The molecule has 2 aliphatic rings. The van der Waals surface area contributed by atoms with Crippen LogP contribution >= 0.6 is 0 Å². The fraction of sp³-hybridized carbons (Fsp3) is 0.824. The van der Waals surface area contributed by atoms with Crippen LogP contribution in [0.1, 0.15) is 41.0 Å². The number of likely N-dealkylation sites (tertiary alicyclic amines) is 1. The molecule has 1 unspecified atom stereocenters. The number of nitrogens with zero attached hydrogens (tertiary/aromatic N) is 3. The summed E-state index contributed by atoms with van der Waals surface area (Å²) >= 11 is 0. The van der Waals surface area contributed by atoms with E-state index in [4.69, 9.17) is 4.74 Å². The third-order valence-corrected chi connectivity index (χ3v) is 4.33. The summed E-state index contributed by atoms with van der Waals surface area (Å²) in [6.45, 7) is 11.8. The number of hydrogen-bond acceptors (Lipinski definition) is 4. The summed E-state index contributed by atoms with van der Waals surface area (Å²) in [5.41, 5.74) is -0.525. The first-order valence-corrected chi connectivity index (χ1v) is 8.89. The van der Waals surface area contributed by atoms with Crippen LogP contribution in [0.4, 0.5) is 9.59 Å². The van der Waals surface area contributed by atoms with Crippen molar-refractivity contribution in [2.24, 2.45) is 0 Å². The SMILES string of the molecule is CC(C)N1CC(NC(=O)N2CCN(C(=O)OC(C)(C)C)CC2)CC1=O. The predicted octanol–water partition coefficient (Wildman–Crippen LogP) is 1.26. The normalized spacial score (nSPS) is 21.8. The van der Waals surface area contributed by atoms with Crippen LogP contribution in [0, 0.1) is 0 Å². The minimum absolute atomic E-state index is 0.0787. The van der Waals surface area contributed by atoms with E-state index in [9.17, 15) is 14.4 Å². The lowest BCUT2D eigenvalue weighted by atomic mass is 10.2. The Balaban J connectivity index is 1.78. The maximum absolute atomic E-state index is 12.4. The van der Waals surface area contributed by atoms with Crippen LogP contribution in [0.2, 0.25) is 0 Å². The second-order valence-electron chi connectivity index (χ2n) is 7.94. The van der Waals surface area contributed by atoms with Crippen LogP contribution < -0.4 is 5.32 Å². The van der Waals surface area contributed by atoms with E-state index in [1.54, 1.807) is 14.7 Å². The van der Waals surface area contributed by atoms with Gasteiger partial charge < -0.3 is 24.8 Å². The monoisotopic (exact) mass is 354 g/mol. The van der Waals surface area contributed by atoms with Crippen LogP contribution in [0.15, 0.2) is 0 Å². The molecule has 1 atom stereocenters. The molecule has 4 amide bonds. The second kappa shape index (κ2) is 7.49. The molecule has 0 aliphatic carbocycles. The summed E-state index contributed by atoms with van der Waals surface area (Å²) in [6.07, 6.45) is 0.00319.